The lowest BCUT2D eigenvalue weighted by Gasteiger charge is -2.08. The summed E-state index contributed by atoms with van der Waals surface area (Å²) in [5.74, 6) is -0.289. The Labute approximate surface area is 187 Å². The number of ether oxygens (including phenoxy) is 1. The molecule has 1 amide bonds. The minimum Gasteiger partial charge on any atom is -0.452 e. The van der Waals surface area contributed by atoms with E-state index in [1.54, 1.807) is 18.2 Å². The van der Waals surface area contributed by atoms with Gasteiger partial charge in [-0.15, -0.1) is 0 Å². The van der Waals surface area contributed by atoms with Gasteiger partial charge in [-0.2, -0.15) is 0 Å². The molecule has 2 heterocycles. The van der Waals surface area contributed by atoms with Crippen molar-refractivity contribution in [2.75, 3.05) is 11.9 Å². The summed E-state index contributed by atoms with van der Waals surface area (Å²) in [5, 5.41) is 2.99. The second kappa shape index (κ2) is 8.75. The van der Waals surface area contributed by atoms with E-state index in [0.717, 1.165) is 17.0 Å². The zero-order chi connectivity index (χ0) is 22.0. The van der Waals surface area contributed by atoms with Crippen LogP contribution in [-0.2, 0) is 9.53 Å². The maximum Gasteiger partial charge on any atom is 0.338 e. The highest BCUT2D eigenvalue weighted by Gasteiger charge is 2.15. The van der Waals surface area contributed by atoms with Gasteiger partial charge in [-0.25, -0.2) is 14.8 Å². The van der Waals surface area contributed by atoms with Crippen LogP contribution in [-0.4, -0.2) is 33.0 Å². The maximum atomic E-state index is 12.4. The number of hydrogen-bond donors (Lipinski definition) is 1. The maximum absolute atomic E-state index is 12.4. The smallest absolute Gasteiger partial charge is 0.338 e. The fraction of sp³-hybridized carbons (Fsp3) is 0.0909. The molecule has 7 nitrogen and oxygen atoms in total. The Morgan fingerprint density at radius 2 is 1.87 bits per heavy atom. The molecule has 0 saturated carbocycles. The number of nitrogens with one attached hydrogen (secondary N) is 1. The van der Waals surface area contributed by atoms with Crippen molar-refractivity contribution in [3.05, 3.63) is 82.2 Å². The predicted molar refractivity (Wildman–Crippen MR) is 119 cm³/mol. The van der Waals surface area contributed by atoms with Crippen molar-refractivity contribution in [1.82, 2.24) is 14.5 Å². The molecule has 0 fully saturated rings. The molecule has 0 aliphatic carbocycles. The van der Waals surface area contributed by atoms with E-state index in [1.807, 2.05) is 41.8 Å². The molecule has 0 unspecified atom stereocenters. The summed E-state index contributed by atoms with van der Waals surface area (Å²) >= 11 is 11.7. The first kappa shape index (κ1) is 20.8. The van der Waals surface area contributed by atoms with E-state index in [2.05, 4.69) is 15.3 Å². The predicted octanol–water partition coefficient (Wildman–Crippen LogP) is 4.83. The van der Waals surface area contributed by atoms with Crippen molar-refractivity contribution in [3.63, 3.8) is 0 Å². The molecule has 4 aromatic rings. The third kappa shape index (κ3) is 4.52. The molecule has 0 atom stereocenters. The van der Waals surface area contributed by atoms with Crippen molar-refractivity contribution in [2.45, 2.75) is 6.92 Å². The van der Waals surface area contributed by atoms with Gasteiger partial charge in [0.2, 0.25) is 0 Å². The lowest BCUT2D eigenvalue weighted by molar-refractivity contribution is -0.119. The van der Waals surface area contributed by atoms with E-state index in [-0.39, 0.29) is 10.8 Å². The summed E-state index contributed by atoms with van der Waals surface area (Å²) in [4.78, 5) is 33.0. The first-order chi connectivity index (χ1) is 14.9. The monoisotopic (exact) mass is 454 g/mol. The van der Waals surface area contributed by atoms with E-state index in [0.29, 0.717) is 16.1 Å². The van der Waals surface area contributed by atoms with Crippen molar-refractivity contribution in [1.29, 1.82) is 0 Å². The molecule has 0 spiro atoms. The van der Waals surface area contributed by atoms with Crippen LogP contribution in [0, 0.1) is 6.92 Å². The topological polar surface area (TPSA) is 86.1 Å². The van der Waals surface area contributed by atoms with Gasteiger partial charge in [0, 0.05) is 11.9 Å². The number of carbonyl (C=O) groups is 2. The largest absolute Gasteiger partial charge is 0.452 e. The van der Waals surface area contributed by atoms with E-state index in [4.69, 9.17) is 27.9 Å². The van der Waals surface area contributed by atoms with Gasteiger partial charge < -0.3 is 10.1 Å². The van der Waals surface area contributed by atoms with Gasteiger partial charge >= 0.3 is 5.97 Å². The molecule has 4 rings (SSSR count). The summed E-state index contributed by atoms with van der Waals surface area (Å²) < 4.78 is 7.11. The van der Waals surface area contributed by atoms with E-state index in [1.165, 1.54) is 12.3 Å². The van der Waals surface area contributed by atoms with Gasteiger partial charge in [0.15, 0.2) is 12.4 Å². The fourth-order valence-corrected chi connectivity index (χ4v) is 3.55. The van der Waals surface area contributed by atoms with Crippen LogP contribution in [0.5, 0.6) is 0 Å². The summed E-state index contributed by atoms with van der Waals surface area (Å²) in [6.07, 6.45) is 1.35. The minimum absolute atomic E-state index is 0.135. The molecule has 31 heavy (non-hydrogen) atoms. The number of esters is 1. The third-order valence-electron chi connectivity index (χ3n) is 4.47. The lowest BCUT2D eigenvalue weighted by Crippen LogP contribution is -2.21. The SMILES string of the molecule is Cc1nc2cc(C(=O)OCC(=O)Nc3ncc(Cl)cc3Cl)ccc2n1-c1ccccc1. The highest BCUT2D eigenvalue weighted by Crippen LogP contribution is 2.23. The average molecular weight is 455 g/mol. The number of benzene rings is 2. The molecule has 0 radical (unpaired) electrons. The number of aromatic nitrogens is 3. The van der Waals surface area contributed by atoms with Crippen molar-refractivity contribution in [3.8, 4) is 5.69 Å². The minimum atomic E-state index is -0.640. The molecular weight excluding hydrogens is 439 g/mol. The van der Waals surface area contributed by atoms with Crippen molar-refractivity contribution < 1.29 is 14.3 Å². The van der Waals surface area contributed by atoms with Gasteiger partial charge in [-0.1, -0.05) is 41.4 Å². The number of imidazole rings is 1. The Kier molecular flexibility index (Phi) is 5.88. The molecule has 2 aromatic carbocycles. The Morgan fingerprint density at radius 1 is 1.10 bits per heavy atom. The molecule has 0 bridgehead atoms. The first-order valence-corrected chi connectivity index (χ1v) is 10.0. The van der Waals surface area contributed by atoms with Crippen LogP contribution in [0.25, 0.3) is 16.7 Å². The van der Waals surface area contributed by atoms with E-state index >= 15 is 0 Å². The number of aryl methyl sites for hydroxylation is 1. The van der Waals surface area contributed by atoms with Gasteiger partial charge in [-0.3, -0.25) is 9.36 Å². The number of carbonyl (C=O) groups excluding carboxylic acids is 2. The Balaban J connectivity index is 1.46. The van der Waals surface area contributed by atoms with Crippen LogP contribution in [0.4, 0.5) is 5.82 Å². The summed E-state index contributed by atoms with van der Waals surface area (Å²) in [6, 6.07) is 16.3. The van der Waals surface area contributed by atoms with E-state index < -0.39 is 18.5 Å². The number of amides is 1. The third-order valence-corrected chi connectivity index (χ3v) is 4.97. The number of anilines is 1. The van der Waals surface area contributed by atoms with Gasteiger partial charge in [0.05, 0.1) is 26.6 Å². The average Bonchev–Trinajstić information content (AvgIpc) is 3.09. The second-order valence-corrected chi connectivity index (χ2v) is 7.49. The highest BCUT2D eigenvalue weighted by atomic mass is 35.5. The van der Waals surface area contributed by atoms with Gasteiger partial charge in [-0.05, 0) is 43.3 Å². The fourth-order valence-electron chi connectivity index (χ4n) is 3.12. The number of rotatable bonds is 5. The molecule has 0 saturated heterocycles. The summed E-state index contributed by atoms with van der Waals surface area (Å²) in [5.41, 5.74) is 2.78. The molecule has 2 aromatic heterocycles. The van der Waals surface area contributed by atoms with Crippen LogP contribution in [0.3, 0.4) is 0 Å². The second-order valence-electron chi connectivity index (χ2n) is 6.64. The normalized spacial score (nSPS) is 10.8. The quantitative estimate of drug-likeness (QED) is 0.436. The molecule has 156 valence electrons. The number of halogens is 2. The molecular formula is C22H16Cl2N4O3. The number of pyridine rings is 1. The number of hydrogen-bond acceptors (Lipinski definition) is 5. The van der Waals surface area contributed by atoms with Crippen LogP contribution in [0.1, 0.15) is 16.2 Å². The van der Waals surface area contributed by atoms with Crippen LogP contribution in [0.15, 0.2) is 60.8 Å². The zero-order valence-corrected chi connectivity index (χ0v) is 17.8. The van der Waals surface area contributed by atoms with Crippen LogP contribution >= 0.6 is 23.2 Å². The van der Waals surface area contributed by atoms with Crippen LogP contribution in [0.2, 0.25) is 10.0 Å². The molecule has 0 aliphatic heterocycles. The molecule has 0 aliphatic rings. The van der Waals surface area contributed by atoms with Crippen molar-refractivity contribution >= 4 is 51.9 Å². The zero-order valence-electron chi connectivity index (χ0n) is 16.3. The number of fused-ring (bicyclic) bond motifs is 1. The van der Waals surface area contributed by atoms with Gasteiger partial charge in [0.25, 0.3) is 5.91 Å². The molecule has 9 heteroatoms. The van der Waals surface area contributed by atoms with Crippen LogP contribution < -0.4 is 5.32 Å². The Bertz CT molecular complexity index is 1290. The summed E-state index contributed by atoms with van der Waals surface area (Å²) in [6.45, 7) is 1.40. The Hall–Kier alpha value is -3.42. The van der Waals surface area contributed by atoms with Gasteiger partial charge in [0.1, 0.15) is 5.82 Å². The number of nitrogens with zero attached hydrogens (tertiary/aromatic N) is 3. The Morgan fingerprint density at radius 3 is 2.61 bits per heavy atom. The highest BCUT2D eigenvalue weighted by molar-refractivity contribution is 6.36. The number of para-hydroxylation sites is 1. The summed E-state index contributed by atoms with van der Waals surface area (Å²) in [7, 11) is 0. The van der Waals surface area contributed by atoms with E-state index in [9.17, 15) is 9.59 Å². The lowest BCUT2D eigenvalue weighted by atomic mass is 10.2. The standard InChI is InChI=1S/C22H16Cl2N4O3/c1-13-26-18-9-14(7-8-19(18)28(13)16-5-3-2-4-6-16)22(30)31-12-20(29)27-21-17(24)10-15(23)11-25-21/h2-11H,12H2,1H3,(H,25,27,29). The first-order valence-electron chi connectivity index (χ1n) is 9.25. The van der Waals surface area contributed by atoms with Crippen molar-refractivity contribution in [2.24, 2.45) is 0 Å². The molecule has 1 N–H and O–H groups in total.